The number of benzene rings is 2. The summed E-state index contributed by atoms with van der Waals surface area (Å²) in [6, 6.07) is 11.9. The van der Waals surface area contributed by atoms with Crippen LogP contribution < -0.4 is 15.4 Å². The molecule has 0 radical (unpaired) electrons. The lowest BCUT2D eigenvalue weighted by molar-refractivity contribution is 0.0912. The van der Waals surface area contributed by atoms with Gasteiger partial charge in [0.25, 0.3) is 11.8 Å². The van der Waals surface area contributed by atoms with Crippen LogP contribution in [-0.2, 0) is 0 Å². The topological polar surface area (TPSA) is 93.5 Å². The molecule has 1 atom stereocenters. The molecule has 2 aromatic carbocycles. The van der Waals surface area contributed by atoms with Crippen LogP contribution >= 0.6 is 0 Å². The lowest BCUT2D eigenvalue weighted by Crippen LogP contribution is -2.32. The minimum absolute atomic E-state index is 0.0543. The minimum atomic E-state index is -0.643. The number of aromatic nitrogens is 1. The Kier molecular flexibility index (Phi) is 6.46. The van der Waals surface area contributed by atoms with Gasteiger partial charge in [-0.2, -0.15) is 0 Å². The molecular formula is C22H22FN3O4. The van der Waals surface area contributed by atoms with Gasteiger partial charge in [-0.3, -0.25) is 9.59 Å². The second-order valence-electron chi connectivity index (χ2n) is 6.93. The molecule has 8 heteroatoms. The van der Waals surface area contributed by atoms with Crippen molar-refractivity contribution in [2.45, 2.75) is 19.9 Å². The molecule has 30 heavy (non-hydrogen) atoms. The zero-order valence-corrected chi connectivity index (χ0v) is 16.8. The number of anilines is 1. The van der Waals surface area contributed by atoms with E-state index in [1.54, 1.807) is 30.3 Å². The SMILES string of the molecule is COc1cccc(NC(=O)c2coc([C@@H](NC(=O)c3ccccc3F)C(C)C)n2)c1. The molecule has 0 saturated heterocycles. The normalized spacial score (nSPS) is 11.8. The average molecular weight is 411 g/mol. The van der Waals surface area contributed by atoms with E-state index >= 15 is 0 Å². The summed E-state index contributed by atoms with van der Waals surface area (Å²) in [5.74, 6) is -1.04. The first-order valence-corrected chi connectivity index (χ1v) is 9.35. The van der Waals surface area contributed by atoms with Crippen LogP contribution in [0.5, 0.6) is 5.75 Å². The van der Waals surface area contributed by atoms with Gasteiger partial charge in [-0.25, -0.2) is 9.37 Å². The van der Waals surface area contributed by atoms with Gasteiger partial charge in [0.15, 0.2) is 5.69 Å². The lowest BCUT2D eigenvalue weighted by Gasteiger charge is -2.19. The van der Waals surface area contributed by atoms with Crippen molar-refractivity contribution in [3.8, 4) is 5.75 Å². The largest absolute Gasteiger partial charge is 0.497 e. The Morgan fingerprint density at radius 1 is 1.10 bits per heavy atom. The number of ether oxygens (including phenoxy) is 1. The van der Waals surface area contributed by atoms with Crippen LogP contribution in [0, 0.1) is 11.7 Å². The van der Waals surface area contributed by atoms with Crippen LogP contribution in [0.1, 0.15) is 46.6 Å². The summed E-state index contributed by atoms with van der Waals surface area (Å²) in [7, 11) is 1.53. The number of hydrogen-bond acceptors (Lipinski definition) is 5. The fourth-order valence-corrected chi connectivity index (χ4v) is 2.81. The highest BCUT2D eigenvalue weighted by Gasteiger charge is 2.26. The number of amides is 2. The third-order valence-electron chi connectivity index (χ3n) is 4.42. The summed E-state index contributed by atoms with van der Waals surface area (Å²) in [5, 5.41) is 5.43. The Hall–Kier alpha value is -3.68. The second kappa shape index (κ2) is 9.21. The summed E-state index contributed by atoms with van der Waals surface area (Å²) in [4.78, 5) is 29.2. The highest BCUT2D eigenvalue weighted by Crippen LogP contribution is 2.23. The summed E-state index contributed by atoms with van der Waals surface area (Å²) >= 11 is 0. The van der Waals surface area contributed by atoms with Crippen molar-refractivity contribution in [1.82, 2.24) is 10.3 Å². The number of hydrogen-bond donors (Lipinski definition) is 2. The predicted octanol–water partition coefficient (Wildman–Crippen LogP) is 4.20. The van der Waals surface area contributed by atoms with E-state index in [1.807, 2.05) is 13.8 Å². The highest BCUT2D eigenvalue weighted by molar-refractivity contribution is 6.02. The first-order chi connectivity index (χ1) is 14.4. The van der Waals surface area contributed by atoms with Crippen molar-refractivity contribution >= 4 is 17.5 Å². The van der Waals surface area contributed by atoms with Crippen LogP contribution in [0.3, 0.4) is 0 Å². The van der Waals surface area contributed by atoms with Crippen molar-refractivity contribution in [3.05, 3.63) is 77.8 Å². The molecule has 0 bridgehead atoms. The molecule has 0 unspecified atom stereocenters. The van der Waals surface area contributed by atoms with E-state index in [-0.39, 0.29) is 23.1 Å². The minimum Gasteiger partial charge on any atom is -0.497 e. The van der Waals surface area contributed by atoms with E-state index in [2.05, 4.69) is 15.6 Å². The lowest BCUT2D eigenvalue weighted by atomic mass is 10.0. The van der Waals surface area contributed by atoms with Gasteiger partial charge in [0.05, 0.1) is 12.7 Å². The number of methoxy groups -OCH3 is 1. The number of halogens is 1. The van der Waals surface area contributed by atoms with Gasteiger partial charge in [0.2, 0.25) is 5.89 Å². The smallest absolute Gasteiger partial charge is 0.277 e. The molecule has 2 N–H and O–H groups in total. The number of nitrogens with one attached hydrogen (secondary N) is 2. The maximum Gasteiger partial charge on any atom is 0.277 e. The van der Waals surface area contributed by atoms with Crippen LogP contribution in [0.15, 0.2) is 59.2 Å². The standard InChI is InChI=1S/C22H22FN3O4/c1-13(2)19(26-20(27)16-9-4-5-10-17(16)23)22-25-18(12-30-22)21(28)24-14-7-6-8-15(11-14)29-3/h4-13,19H,1-3H3,(H,24,28)(H,26,27)/t19-/m0/s1. The highest BCUT2D eigenvalue weighted by atomic mass is 19.1. The molecule has 156 valence electrons. The zero-order chi connectivity index (χ0) is 21.7. The molecule has 0 aliphatic carbocycles. The molecule has 0 spiro atoms. The van der Waals surface area contributed by atoms with Crippen LogP contribution in [0.2, 0.25) is 0 Å². The monoisotopic (exact) mass is 411 g/mol. The van der Waals surface area contributed by atoms with Gasteiger partial charge < -0.3 is 19.8 Å². The van der Waals surface area contributed by atoms with Gasteiger partial charge >= 0.3 is 0 Å². The Labute approximate surface area is 173 Å². The van der Waals surface area contributed by atoms with Gasteiger partial charge in [-0.1, -0.05) is 32.0 Å². The van der Waals surface area contributed by atoms with Crippen molar-refractivity contribution in [3.63, 3.8) is 0 Å². The maximum absolute atomic E-state index is 13.9. The quantitative estimate of drug-likeness (QED) is 0.608. The van der Waals surface area contributed by atoms with Crippen LogP contribution in [0.4, 0.5) is 10.1 Å². The number of nitrogens with zero attached hydrogens (tertiary/aromatic N) is 1. The maximum atomic E-state index is 13.9. The molecule has 0 aliphatic rings. The van der Waals surface area contributed by atoms with Crippen LogP contribution in [-0.4, -0.2) is 23.9 Å². The van der Waals surface area contributed by atoms with E-state index in [9.17, 15) is 14.0 Å². The molecule has 1 aromatic heterocycles. The molecule has 0 fully saturated rings. The van der Waals surface area contributed by atoms with Gasteiger partial charge in [0, 0.05) is 11.8 Å². The van der Waals surface area contributed by atoms with E-state index in [0.29, 0.717) is 11.4 Å². The molecule has 3 aromatic rings. The Balaban J connectivity index is 1.75. The number of oxazole rings is 1. The first kappa shape index (κ1) is 21.0. The number of carbonyl (C=O) groups excluding carboxylic acids is 2. The fraction of sp³-hybridized carbons (Fsp3) is 0.227. The second-order valence-corrected chi connectivity index (χ2v) is 6.93. The fourth-order valence-electron chi connectivity index (χ4n) is 2.81. The molecular weight excluding hydrogens is 389 g/mol. The van der Waals surface area contributed by atoms with Gasteiger partial charge in [-0.15, -0.1) is 0 Å². The summed E-state index contributed by atoms with van der Waals surface area (Å²) in [5.41, 5.74) is 0.515. The molecule has 2 amide bonds. The van der Waals surface area contributed by atoms with E-state index in [4.69, 9.17) is 9.15 Å². The molecule has 0 saturated carbocycles. The Morgan fingerprint density at radius 2 is 1.87 bits per heavy atom. The van der Waals surface area contributed by atoms with Crippen molar-refractivity contribution < 1.29 is 23.1 Å². The van der Waals surface area contributed by atoms with E-state index < -0.39 is 23.7 Å². The van der Waals surface area contributed by atoms with Crippen molar-refractivity contribution in [1.29, 1.82) is 0 Å². The van der Waals surface area contributed by atoms with Crippen molar-refractivity contribution in [2.75, 3.05) is 12.4 Å². The van der Waals surface area contributed by atoms with Crippen molar-refractivity contribution in [2.24, 2.45) is 5.92 Å². The molecule has 1 heterocycles. The third-order valence-corrected chi connectivity index (χ3v) is 4.42. The molecule has 7 nitrogen and oxygen atoms in total. The zero-order valence-electron chi connectivity index (χ0n) is 16.8. The first-order valence-electron chi connectivity index (χ1n) is 9.35. The predicted molar refractivity (Wildman–Crippen MR) is 109 cm³/mol. The van der Waals surface area contributed by atoms with E-state index in [1.165, 1.54) is 31.6 Å². The molecule has 3 rings (SSSR count). The van der Waals surface area contributed by atoms with Crippen LogP contribution in [0.25, 0.3) is 0 Å². The van der Waals surface area contributed by atoms with Gasteiger partial charge in [-0.05, 0) is 30.2 Å². The Bertz CT molecular complexity index is 1050. The third kappa shape index (κ3) is 4.83. The number of carbonyl (C=O) groups is 2. The summed E-state index contributed by atoms with van der Waals surface area (Å²) < 4.78 is 24.5. The van der Waals surface area contributed by atoms with Gasteiger partial charge in [0.1, 0.15) is 23.9 Å². The summed E-state index contributed by atoms with van der Waals surface area (Å²) in [6.45, 7) is 3.71. The summed E-state index contributed by atoms with van der Waals surface area (Å²) in [6.07, 6.45) is 1.22. The van der Waals surface area contributed by atoms with E-state index in [0.717, 1.165) is 0 Å². The average Bonchev–Trinajstić information content (AvgIpc) is 3.22. The Morgan fingerprint density at radius 3 is 2.57 bits per heavy atom. The number of rotatable bonds is 7. The molecule has 0 aliphatic heterocycles.